The molecule has 1 heterocycles. The van der Waals surface area contributed by atoms with Crippen molar-refractivity contribution in [2.24, 2.45) is 11.8 Å². The number of nitrogens with zero attached hydrogens (tertiary/aromatic N) is 1. The Morgan fingerprint density at radius 3 is 2.71 bits per heavy atom. The first-order valence-electron chi connectivity index (χ1n) is 6.68. The monoisotopic (exact) mass is 241 g/mol. The highest BCUT2D eigenvalue weighted by molar-refractivity contribution is 5.79. The van der Waals surface area contributed by atoms with Crippen LogP contribution in [-0.2, 0) is 4.79 Å². The Labute approximate surface area is 105 Å². The van der Waals surface area contributed by atoms with E-state index in [-0.39, 0.29) is 11.8 Å². The molecule has 0 aromatic heterocycles. The van der Waals surface area contributed by atoms with Gasteiger partial charge in [0.25, 0.3) is 0 Å². The SMILES string of the molecule is CNCC(C(=O)NC1CCCN(C)C1)C(C)C. The van der Waals surface area contributed by atoms with Gasteiger partial charge in [0.2, 0.25) is 5.91 Å². The highest BCUT2D eigenvalue weighted by atomic mass is 16.2. The van der Waals surface area contributed by atoms with Crippen molar-refractivity contribution in [1.29, 1.82) is 0 Å². The zero-order valence-corrected chi connectivity index (χ0v) is 11.6. The van der Waals surface area contributed by atoms with Crippen molar-refractivity contribution < 1.29 is 4.79 Å². The summed E-state index contributed by atoms with van der Waals surface area (Å²) in [6.07, 6.45) is 2.29. The number of likely N-dealkylation sites (tertiary alicyclic amines) is 1. The van der Waals surface area contributed by atoms with Gasteiger partial charge in [-0.05, 0) is 39.4 Å². The van der Waals surface area contributed by atoms with E-state index in [1.807, 2.05) is 7.05 Å². The van der Waals surface area contributed by atoms with Gasteiger partial charge >= 0.3 is 0 Å². The molecule has 2 unspecified atom stereocenters. The minimum Gasteiger partial charge on any atom is -0.352 e. The Morgan fingerprint density at radius 2 is 2.18 bits per heavy atom. The second kappa shape index (κ2) is 6.97. The lowest BCUT2D eigenvalue weighted by Crippen LogP contribution is -2.49. The van der Waals surface area contributed by atoms with Crippen LogP contribution in [0.25, 0.3) is 0 Å². The summed E-state index contributed by atoms with van der Waals surface area (Å²) < 4.78 is 0. The number of nitrogens with one attached hydrogen (secondary N) is 2. The molecule has 0 saturated carbocycles. The van der Waals surface area contributed by atoms with Crippen LogP contribution in [0.15, 0.2) is 0 Å². The molecule has 0 aromatic carbocycles. The average Bonchev–Trinajstić information content (AvgIpc) is 2.25. The summed E-state index contributed by atoms with van der Waals surface area (Å²) in [5.41, 5.74) is 0. The van der Waals surface area contributed by atoms with Crippen LogP contribution >= 0.6 is 0 Å². The lowest BCUT2D eigenvalue weighted by Gasteiger charge is -2.32. The maximum absolute atomic E-state index is 12.2. The third kappa shape index (κ3) is 4.64. The average molecular weight is 241 g/mol. The summed E-state index contributed by atoms with van der Waals surface area (Å²) in [7, 11) is 4.02. The molecule has 1 aliphatic heterocycles. The number of hydrogen-bond acceptors (Lipinski definition) is 3. The highest BCUT2D eigenvalue weighted by Crippen LogP contribution is 2.13. The van der Waals surface area contributed by atoms with E-state index in [4.69, 9.17) is 0 Å². The number of piperidine rings is 1. The summed E-state index contributed by atoms with van der Waals surface area (Å²) in [5, 5.41) is 6.30. The topological polar surface area (TPSA) is 44.4 Å². The van der Waals surface area contributed by atoms with Gasteiger partial charge in [-0.2, -0.15) is 0 Å². The second-order valence-corrected chi connectivity index (χ2v) is 5.52. The van der Waals surface area contributed by atoms with E-state index in [0.29, 0.717) is 12.0 Å². The third-order valence-electron chi connectivity index (χ3n) is 3.54. The molecule has 1 aliphatic rings. The molecule has 0 spiro atoms. The van der Waals surface area contributed by atoms with Gasteiger partial charge in [0.15, 0.2) is 0 Å². The Hall–Kier alpha value is -0.610. The molecule has 100 valence electrons. The molecule has 1 rings (SSSR count). The third-order valence-corrected chi connectivity index (χ3v) is 3.54. The van der Waals surface area contributed by atoms with Crippen molar-refractivity contribution in [3.63, 3.8) is 0 Å². The fraction of sp³-hybridized carbons (Fsp3) is 0.923. The van der Waals surface area contributed by atoms with Crippen molar-refractivity contribution >= 4 is 5.91 Å². The summed E-state index contributed by atoms with van der Waals surface area (Å²) in [6.45, 7) is 7.10. The van der Waals surface area contributed by atoms with Crippen LogP contribution in [0.3, 0.4) is 0 Å². The van der Waals surface area contributed by atoms with Crippen molar-refractivity contribution in [3.8, 4) is 0 Å². The molecule has 4 heteroatoms. The number of carbonyl (C=O) groups is 1. The first-order chi connectivity index (χ1) is 8.04. The number of rotatable bonds is 5. The quantitative estimate of drug-likeness (QED) is 0.744. The van der Waals surface area contributed by atoms with Crippen LogP contribution in [0.2, 0.25) is 0 Å². The van der Waals surface area contributed by atoms with Crippen LogP contribution in [0.5, 0.6) is 0 Å². The van der Waals surface area contributed by atoms with Gasteiger partial charge in [-0.25, -0.2) is 0 Å². The summed E-state index contributed by atoms with van der Waals surface area (Å²) in [5.74, 6) is 0.658. The second-order valence-electron chi connectivity index (χ2n) is 5.52. The largest absolute Gasteiger partial charge is 0.352 e. The lowest BCUT2D eigenvalue weighted by atomic mass is 9.94. The maximum Gasteiger partial charge on any atom is 0.224 e. The molecule has 1 saturated heterocycles. The van der Waals surface area contributed by atoms with E-state index in [0.717, 1.165) is 26.1 Å². The van der Waals surface area contributed by atoms with E-state index >= 15 is 0 Å². The lowest BCUT2D eigenvalue weighted by molar-refractivity contribution is -0.127. The van der Waals surface area contributed by atoms with E-state index in [1.165, 1.54) is 6.42 Å². The molecule has 0 bridgehead atoms. The van der Waals surface area contributed by atoms with Gasteiger partial charge in [-0.1, -0.05) is 13.8 Å². The fourth-order valence-corrected chi connectivity index (χ4v) is 2.44. The Kier molecular flexibility index (Phi) is 5.92. The van der Waals surface area contributed by atoms with Crippen molar-refractivity contribution in [1.82, 2.24) is 15.5 Å². The molecule has 2 N–H and O–H groups in total. The van der Waals surface area contributed by atoms with Crippen LogP contribution in [-0.4, -0.2) is 50.6 Å². The predicted octanol–water partition coefficient (Wildman–Crippen LogP) is 0.688. The van der Waals surface area contributed by atoms with E-state index < -0.39 is 0 Å². The van der Waals surface area contributed by atoms with Gasteiger partial charge in [-0.3, -0.25) is 4.79 Å². The normalized spacial score (nSPS) is 23.7. The Morgan fingerprint density at radius 1 is 1.47 bits per heavy atom. The van der Waals surface area contributed by atoms with E-state index in [2.05, 4.69) is 36.4 Å². The number of amides is 1. The van der Waals surface area contributed by atoms with Crippen molar-refractivity contribution in [2.45, 2.75) is 32.7 Å². The summed E-state index contributed by atoms with van der Waals surface area (Å²) >= 11 is 0. The number of likely N-dealkylation sites (N-methyl/N-ethyl adjacent to an activating group) is 1. The molecule has 1 amide bonds. The van der Waals surface area contributed by atoms with Gasteiger partial charge in [0, 0.05) is 19.1 Å². The van der Waals surface area contributed by atoms with E-state index in [9.17, 15) is 4.79 Å². The van der Waals surface area contributed by atoms with Gasteiger partial charge < -0.3 is 15.5 Å². The zero-order valence-electron chi connectivity index (χ0n) is 11.6. The van der Waals surface area contributed by atoms with Crippen LogP contribution < -0.4 is 10.6 Å². The Balaban J connectivity index is 2.45. The number of carbonyl (C=O) groups excluding carboxylic acids is 1. The fourth-order valence-electron chi connectivity index (χ4n) is 2.44. The smallest absolute Gasteiger partial charge is 0.224 e. The minimum absolute atomic E-state index is 0.0761. The first kappa shape index (κ1) is 14.5. The molecule has 0 radical (unpaired) electrons. The zero-order chi connectivity index (χ0) is 12.8. The maximum atomic E-state index is 12.2. The van der Waals surface area contributed by atoms with Crippen LogP contribution in [0.1, 0.15) is 26.7 Å². The van der Waals surface area contributed by atoms with Crippen LogP contribution in [0, 0.1) is 11.8 Å². The van der Waals surface area contributed by atoms with Crippen LogP contribution in [0.4, 0.5) is 0 Å². The van der Waals surface area contributed by atoms with Crippen molar-refractivity contribution in [2.75, 3.05) is 33.7 Å². The molecule has 1 fully saturated rings. The standard InChI is InChI=1S/C13H27N3O/c1-10(2)12(8-14-3)13(17)15-11-6-5-7-16(4)9-11/h10-12,14H,5-9H2,1-4H3,(H,15,17). The molecule has 2 atom stereocenters. The van der Waals surface area contributed by atoms with Gasteiger partial charge in [-0.15, -0.1) is 0 Å². The Bertz CT molecular complexity index is 243. The van der Waals surface area contributed by atoms with Crippen molar-refractivity contribution in [3.05, 3.63) is 0 Å². The first-order valence-corrected chi connectivity index (χ1v) is 6.68. The summed E-state index contributed by atoms with van der Waals surface area (Å²) in [4.78, 5) is 14.5. The molecular weight excluding hydrogens is 214 g/mol. The molecule has 4 nitrogen and oxygen atoms in total. The highest BCUT2D eigenvalue weighted by Gasteiger charge is 2.25. The molecule has 0 aromatic rings. The number of hydrogen-bond donors (Lipinski definition) is 2. The summed E-state index contributed by atoms with van der Waals surface area (Å²) in [6, 6.07) is 0.333. The van der Waals surface area contributed by atoms with E-state index in [1.54, 1.807) is 0 Å². The minimum atomic E-state index is 0.0761. The molecule has 17 heavy (non-hydrogen) atoms. The van der Waals surface area contributed by atoms with Gasteiger partial charge in [0.05, 0.1) is 5.92 Å². The predicted molar refractivity (Wildman–Crippen MR) is 70.9 cm³/mol. The molecular formula is C13H27N3O. The van der Waals surface area contributed by atoms with Gasteiger partial charge in [0.1, 0.15) is 0 Å². The molecule has 0 aliphatic carbocycles.